The van der Waals surface area contributed by atoms with Crippen LogP contribution in [0.2, 0.25) is 0 Å². The van der Waals surface area contributed by atoms with Crippen molar-refractivity contribution in [3.05, 3.63) is 15.6 Å². The zero-order valence-electron chi connectivity index (χ0n) is 10.7. The number of nitrogens with one attached hydrogen (secondary N) is 2. The van der Waals surface area contributed by atoms with Crippen molar-refractivity contribution in [2.45, 2.75) is 32.9 Å². The van der Waals surface area contributed by atoms with Gasteiger partial charge in [-0.2, -0.15) is 0 Å². The lowest BCUT2D eigenvalue weighted by molar-refractivity contribution is 0.0279. The third kappa shape index (κ3) is 3.48. The Morgan fingerprint density at radius 2 is 2.41 bits per heavy atom. The lowest BCUT2D eigenvalue weighted by atomic mass is 10.2. The SMILES string of the molecule is Cc1nc(C)c(C(C)NCC2CNCCO2)s1. The lowest BCUT2D eigenvalue weighted by Gasteiger charge is -2.25. The van der Waals surface area contributed by atoms with Crippen LogP contribution in [0.3, 0.4) is 0 Å². The Kier molecular flexibility index (Phi) is 4.50. The summed E-state index contributed by atoms with van der Waals surface area (Å²) < 4.78 is 5.66. The van der Waals surface area contributed by atoms with Crippen LogP contribution in [0.15, 0.2) is 0 Å². The highest BCUT2D eigenvalue weighted by atomic mass is 32.1. The molecule has 2 atom stereocenters. The molecule has 0 aliphatic carbocycles. The minimum Gasteiger partial charge on any atom is -0.374 e. The van der Waals surface area contributed by atoms with E-state index >= 15 is 0 Å². The summed E-state index contributed by atoms with van der Waals surface area (Å²) in [6, 6.07) is 0.353. The van der Waals surface area contributed by atoms with Crippen molar-refractivity contribution in [2.75, 3.05) is 26.2 Å². The molecule has 4 nitrogen and oxygen atoms in total. The lowest BCUT2D eigenvalue weighted by Crippen LogP contribution is -2.44. The van der Waals surface area contributed by atoms with E-state index in [1.807, 2.05) is 0 Å². The molecule has 1 fully saturated rings. The smallest absolute Gasteiger partial charge is 0.0900 e. The molecule has 0 aromatic carbocycles. The molecule has 0 radical (unpaired) electrons. The Balaban J connectivity index is 1.84. The normalized spacial score (nSPS) is 22.6. The third-order valence-corrected chi connectivity index (χ3v) is 4.24. The summed E-state index contributed by atoms with van der Waals surface area (Å²) in [6.07, 6.45) is 0.292. The second kappa shape index (κ2) is 5.91. The summed E-state index contributed by atoms with van der Waals surface area (Å²) in [5, 5.41) is 8.01. The van der Waals surface area contributed by atoms with Crippen molar-refractivity contribution >= 4 is 11.3 Å². The molecule has 1 aromatic heterocycles. The fourth-order valence-corrected chi connectivity index (χ4v) is 3.05. The maximum absolute atomic E-state index is 5.66. The van der Waals surface area contributed by atoms with Gasteiger partial charge in [-0.3, -0.25) is 0 Å². The summed E-state index contributed by atoms with van der Waals surface area (Å²) in [5.41, 5.74) is 1.15. The minimum atomic E-state index is 0.292. The van der Waals surface area contributed by atoms with Gasteiger partial charge in [-0.25, -0.2) is 4.98 Å². The zero-order valence-corrected chi connectivity index (χ0v) is 11.6. The van der Waals surface area contributed by atoms with Crippen LogP contribution >= 0.6 is 11.3 Å². The van der Waals surface area contributed by atoms with Gasteiger partial charge in [-0.05, 0) is 20.8 Å². The predicted molar refractivity (Wildman–Crippen MR) is 70.6 cm³/mol. The summed E-state index contributed by atoms with van der Waals surface area (Å²) >= 11 is 1.78. The third-order valence-electron chi connectivity index (χ3n) is 2.99. The first-order valence-electron chi connectivity index (χ1n) is 6.16. The van der Waals surface area contributed by atoms with Crippen LogP contribution in [0.1, 0.15) is 28.5 Å². The van der Waals surface area contributed by atoms with Gasteiger partial charge in [0, 0.05) is 30.6 Å². The summed E-state index contributed by atoms with van der Waals surface area (Å²) in [6.45, 7) is 9.96. The van der Waals surface area contributed by atoms with Gasteiger partial charge in [0.1, 0.15) is 0 Å². The summed E-state index contributed by atoms with van der Waals surface area (Å²) in [4.78, 5) is 5.80. The van der Waals surface area contributed by atoms with Gasteiger partial charge in [0.15, 0.2) is 0 Å². The molecule has 5 heteroatoms. The molecule has 2 heterocycles. The molecule has 0 amide bonds. The molecule has 0 spiro atoms. The Morgan fingerprint density at radius 3 is 3.00 bits per heavy atom. The van der Waals surface area contributed by atoms with Gasteiger partial charge in [0.05, 0.1) is 23.4 Å². The van der Waals surface area contributed by atoms with Crippen molar-refractivity contribution in [3.8, 4) is 0 Å². The molecule has 0 bridgehead atoms. The van der Waals surface area contributed by atoms with Crippen LogP contribution in [-0.2, 0) is 4.74 Å². The first-order valence-corrected chi connectivity index (χ1v) is 6.98. The Morgan fingerprint density at radius 1 is 1.59 bits per heavy atom. The molecule has 2 rings (SSSR count). The average Bonchev–Trinajstić information content (AvgIpc) is 2.67. The molecule has 17 heavy (non-hydrogen) atoms. The highest BCUT2D eigenvalue weighted by Crippen LogP contribution is 2.24. The zero-order chi connectivity index (χ0) is 12.3. The van der Waals surface area contributed by atoms with Gasteiger partial charge >= 0.3 is 0 Å². The van der Waals surface area contributed by atoms with Crippen LogP contribution in [0.5, 0.6) is 0 Å². The van der Waals surface area contributed by atoms with Crippen molar-refractivity contribution < 1.29 is 4.74 Å². The van der Waals surface area contributed by atoms with E-state index in [4.69, 9.17) is 4.74 Å². The van der Waals surface area contributed by atoms with E-state index in [2.05, 4.69) is 36.4 Å². The molecule has 2 N–H and O–H groups in total. The number of hydrogen-bond donors (Lipinski definition) is 2. The first kappa shape index (κ1) is 13.0. The van der Waals surface area contributed by atoms with E-state index in [-0.39, 0.29) is 0 Å². The molecule has 96 valence electrons. The maximum atomic E-state index is 5.66. The van der Waals surface area contributed by atoms with Crippen LogP contribution < -0.4 is 10.6 Å². The van der Waals surface area contributed by atoms with E-state index in [1.54, 1.807) is 11.3 Å². The number of morpholine rings is 1. The number of rotatable bonds is 4. The van der Waals surface area contributed by atoms with E-state index in [0.29, 0.717) is 12.1 Å². The van der Waals surface area contributed by atoms with Crippen molar-refractivity contribution in [2.24, 2.45) is 0 Å². The number of aromatic nitrogens is 1. The molecule has 0 saturated carbocycles. The van der Waals surface area contributed by atoms with Gasteiger partial charge in [-0.1, -0.05) is 0 Å². The van der Waals surface area contributed by atoms with E-state index in [0.717, 1.165) is 36.9 Å². The Labute approximate surface area is 107 Å². The van der Waals surface area contributed by atoms with Crippen LogP contribution in [0.25, 0.3) is 0 Å². The Hall–Kier alpha value is -0.490. The van der Waals surface area contributed by atoms with Crippen molar-refractivity contribution in [3.63, 3.8) is 0 Å². The second-order valence-corrected chi connectivity index (χ2v) is 5.74. The number of thiazole rings is 1. The largest absolute Gasteiger partial charge is 0.374 e. The van der Waals surface area contributed by atoms with Gasteiger partial charge in [0.2, 0.25) is 0 Å². The fraction of sp³-hybridized carbons (Fsp3) is 0.750. The van der Waals surface area contributed by atoms with E-state index in [1.165, 1.54) is 4.88 Å². The number of hydrogen-bond acceptors (Lipinski definition) is 5. The average molecular weight is 255 g/mol. The van der Waals surface area contributed by atoms with Crippen LogP contribution in [0.4, 0.5) is 0 Å². The minimum absolute atomic E-state index is 0.292. The van der Waals surface area contributed by atoms with E-state index in [9.17, 15) is 0 Å². The van der Waals surface area contributed by atoms with Gasteiger partial charge < -0.3 is 15.4 Å². The number of nitrogens with zero attached hydrogens (tertiary/aromatic N) is 1. The number of ether oxygens (including phenoxy) is 1. The van der Waals surface area contributed by atoms with E-state index < -0.39 is 0 Å². The Bertz CT molecular complexity index is 361. The topological polar surface area (TPSA) is 46.2 Å². The highest BCUT2D eigenvalue weighted by Gasteiger charge is 2.17. The second-order valence-electron chi connectivity index (χ2n) is 4.51. The van der Waals surface area contributed by atoms with Gasteiger partial charge in [-0.15, -0.1) is 11.3 Å². The molecule has 2 unspecified atom stereocenters. The van der Waals surface area contributed by atoms with Crippen molar-refractivity contribution in [1.29, 1.82) is 0 Å². The number of aryl methyl sites for hydroxylation is 2. The van der Waals surface area contributed by atoms with Gasteiger partial charge in [0.25, 0.3) is 0 Å². The summed E-state index contributed by atoms with van der Waals surface area (Å²) in [7, 11) is 0. The monoisotopic (exact) mass is 255 g/mol. The first-order chi connectivity index (χ1) is 8.16. The molecule has 1 aliphatic rings. The van der Waals surface area contributed by atoms with Crippen LogP contribution in [-0.4, -0.2) is 37.3 Å². The van der Waals surface area contributed by atoms with Crippen LogP contribution in [0, 0.1) is 13.8 Å². The molecular weight excluding hydrogens is 234 g/mol. The highest BCUT2D eigenvalue weighted by molar-refractivity contribution is 7.11. The quantitative estimate of drug-likeness (QED) is 0.854. The molecule has 1 aliphatic heterocycles. The fourth-order valence-electron chi connectivity index (χ4n) is 2.10. The standard InChI is InChI=1S/C12H21N3OS/c1-8(12-9(2)15-10(3)17-12)14-7-11-6-13-4-5-16-11/h8,11,13-14H,4-7H2,1-3H3. The molecule has 1 saturated heterocycles. The summed E-state index contributed by atoms with van der Waals surface area (Å²) in [5.74, 6) is 0. The maximum Gasteiger partial charge on any atom is 0.0900 e. The molecular formula is C12H21N3OS. The predicted octanol–water partition coefficient (Wildman–Crippen LogP) is 1.40. The van der Waals surface area contributed by atoms with Crippen molar-refractivity contribution in [1.82, 2.24) is 15.6 Å². The molecule has 1 aromatic rings.